The van der Waals surface area contributed by atoms with E-state index >= 15 is 0 Å². The highest BCUT2D eigenvalue weighted by atomic mass is 35.5. The monoisotopic (exact) mass is 242 g/mol. The minimum Gasteiger partial charge on any atom is -0.295 e. The van der Waals surface area contributed by atoms with Crippen LogP contribution in [0.15, 0.2) is 48.5 Å². The molecule has 3 heteroatoms. The summed E-state index contributed by atoms with van der Waals surface area (Å²) in [5, 5.41) is 0.729. The first-order valence-electron chi connectivity index (χ1n) is 5.46. The highest BCUT2D eigenvalue weighted by Gasteiger charge is 2.11. The number of benzene rings is 2. The van der Waals surface area contributed by atoms with Crippen molar-refractivity contribution in [1.29, 1.82) is 0 Å². The van der Waals surface area contributed by atoms with Crippen molar-refractivity contribution in [1.82, 2.24) is 9.55 Å². The summed E-state index contributed by atoms with van der Waals surface area (Å²) in [7, 11) is 0. The summed E-state index contributed by atoms with van der Waals surface area (Å²) in [6.07, 6.45) is 0. The Bertz CT molecular complexity index is 671. The fourth-order valence-electron chi connectivity index (χ4n) is 2.09. The van der Waals surface area contributed by atoms with Gasteiger partial charge >= 0.3 is 0 Å². The standard InChI is InChI=1S/C14H11ClN2/c1-10-16-13-9-5-8-12(15)14(13)17(10)11-6-3-2-4-7-11/h2-9H,1H3. The molecule has 17 heavy (non-hydrogen) atoms. The molecule has 0 aliphatic heterocycles. The van der Waals surface area contributed by atoms with Crippen LogP contribution in [0.25, 0.3) is 16.7 Å². The highest BCUT2D eigenvalue weighted by molar-refractivity contribution is 6.35. The van der Waals surface area contributed by atoms with E-state index in [9.17, 15) is 0 Å². The number of hydrogen-bond donors (Lipinski definition) is 0. The lowest BCUT2D eigenvalue weighted by atomic mass is 10.3. The molecule has 0 spiro atoms. The van der Waals surface area contributed by atoms with Crippen LogP contribution in [0.5, 0.6) is 0 Å². The lowest BCUT2D eigenvalue weighted by Crippen LogP contribution is -1.96. The van der Waals surface area contributed by atoms with Crippen LogP contribution in [0.4, 0.5) is 0 Å². The molecule has 0 unspecified atom stereocenters. The fourth-order valence-corrected chi connectivity index (χ4v) is 2.35. The Morgan fingerprint density at radius 3 is 2.53 bits per heavy atom. The number of imidazole rings is 1. The van der Waals surface area contributed by atoms with Crippen molar-refractivity contribution in [2.24, 2.45) is 0 Å². The maximum Gasteiger partial charge on any atom is 0.111 e. The molecule has 0 aliphatic rings. The maximum absolute atomic E-state index is 6.26. The zero-order valence-electron chi connectivity index (χ0n) is 9.39. The number of nitrogens with zero attached hydrogens (tertiary/aromatic N) is 2. The summed E-state index contributed by atoms with van der Waals surface area (Å²) in [4.78, 5) is 4.53. The number of rotatable bonds is 1. The molecule has 0 amide bonds. The number of para-hydroxylation sites is 2. The first-order valence-corrected chi connectivity index (χ1v) is 5.84. The molecule has 1 aromatic heterocycles. The van der Waals surface area contributed by atoms with E-state index in [2.05, 4.69) is 21.7 Å². The zero-order chi connectivity index (χ0) is 11.8. The van der Waals surface area contributed by atoms with Crippen molar-refractivity contribution >= 4 is 22.6 Å². The zero-order valence-corrected chi connectivity index (χ0v) is 10.1. The van der Waals surface area contributed by atoms with Gasteiger partial charge in [0, 0.05) is 5.69 Å². The smallest absolute Gasteiger partial charge is 0.111 e. The van der Waals surface area contributed by atoms with Gasteiger partial charge in [-0.25, -0.2) is 4.98 Å². The number of hydrogen-bond acceptors (Lipinski definition) is 1. The molecule has 2 nitrogen and oxygen atoms in total. The molecule has 3 aromatic rings. The van der Waals surface area contributed by atoms with Crippen molar-refractivity contribution in [3.8, 4) is 5.69 Å². The highest BCUT2D eigenvalue weighted by Crippen LogP contribution is 2.27. The van der Waals surface area contributed by atoms with Gasteiger partial charge in [-0.3, -0.25) is 4.57 Å². The van der Waals surface area contributed by atoms with E-state index in [1.54, 1.807) is 0 Å². The van der Waals surface area contributed by atoms with Crippen molar-refractivity contribution in [2.45, 2.75) is 6.92 Å². The van der Waals surface area contributed by atoms with Crippen LogP contribution in [-0.2, 0) is 0 Å². The van der Waals surface area contributed by atoms with Crippen molar-refractivity contribution in [3.05, 3.63) is 59.4 Å². The summed E-state index contributed by atoms with van der Waals surface area (Å²) in [5.41, 5.74) is 2.98. The van der Waals surface area contributed by atoms with Gasteiger partial charge in [-0.2, -0.15) is 0 Å². The molecule has 0 atom stereocenters. The lowest BCUT2D eigenvalue weighted by Gasteiger charge is -2.07. The van der Waals surface area contributed by atoms with E-state index in [0.29, 0.717) is 0 Å². The van der Waals surface area contributed by atoms with E-state index in [1.807, 2.05) is 43.3 Å². The molecule has 0 radical (unpaired) electrons. The summed E-state index contributed by atoms with van der Waals surface area (Å²) < 4.78 is 2.08. The van der Waals surface area contributed by atoms with Crippen LogP contribution >= 0.6 is 11.6 Å². The van der Waals surface area contributed by atoms with Gasteiger partial charge in [-0.15, -0.1) is 0 Å². The van der Waals surface area contributed by atoms with Gasteiger partial charge in [0.1, 0.15) is 5.82 Å². The minimum atomic E-state index is 0.729. The van der Waals surface area contributed by atoms with Crippen molar-refractivity contribution in [3.63, 3.8) is 0 Å². The maximum atomic E-state index is 6.26. The molecule has 0 saturated carbocycles. The van der Waals surface area contributed by atoms with E-state index in [0.717, 1.165) is 27.6 Å². The second-order valence-corrected chi connectivity index (χ2v) is 4.34. The van der Waals surface area contributed by atoms with E-state index in [-0.39, 0.29) is 0 Å². The molecule has 0 saturated heterocycles. The van der Waals surface area contributed by atoms with Crippen LogP contribution in [0.1, 0.15) is 5.82 Å². The van der Waals surface area contributed by atoms with Crippen LogP contribution < -0.4 is 0 Å². The van der Waals surface area contributed by atoms with Gasteiger partial charge in [0.2, 0.25) is 0 Å². The first-order chi connectivity index (χ1) is 8.27. The second kappa shape index (κ2) is 3.90. The van der Waals surface area contributed by atoms with Crippen LogP contribution in [-0.4, -0.2) is 9.55 Å². The molecule has 0 fully saturated rings. The number of aryl methyl sites for hydroxylation is 1. The third-order valence-electron chi connectivity index (χ3n) is 2.81. The molecular weight excluding hydrogens is 232 g/mol. The van der Waals surface area contributed by atoms with Crippen molar-refractivity contribution in [2.75, 3.05) is 0 Å². The predicted octanol–water partition coefficient (Wildman–Crippen LogP) is 3.99. The summed E-state index contributed by atoms with van der Waals surface area (Å²) >= 11 is 6.26. The van der Waals surface area contributed by atoms with E-state index in [4.69, 9.17) is 11.6 Å². The molecule has 84 valence electrons. The third-order valence-corrected chi connectivity index (χ3v) is 3.11. The topological polar surface area (TPSA) is 17.8 Å². The Kier molecular flexibility index (Phi) is 2.37. The van der Waals surface area contributed by atoms with E-state index < -0.39 is 0 Å². The van der Waals surface area contributed by atoms with Crippen LogP contribution in [0, 0.1) is 6.92 Å². The number of fused-ring (bicyclic) bond motifs is 1. The SMILES string of the molecule is Cc1nc2cccc(Cl)c2n1-c1ccccc1. The van der Waals surface area contributed by atoms with E-state index in [1.165, 1.54) is 0 Å². The van der Waals surface area contributed by atoms with Crippen LogP contribution in [0.3, 0.4) is 0 Å². The largest absolute Gasteiger partial charge is 0.295 e. The number of aromatic nitrogens is 2. The van der Waals surface area contributed by atoms with Crippen LogP contribution in [0.2, 0.25) is 5.02 Å². The summed E-state index contributed by atoms with van der Waals surface area (Å²) in [6.45, 7) is 1.99. The quantitative estimate of drug-likeness (QED) is 0.631. The molecule has 0 N–H and O–H groups in total. The van der Waals surface area contributed by atoms with Gasteiger partial charge < -0.3 is 0 Å². The van der Waals surface area contributed by atoms with Gasteiger partial charge in [0.25, 0.3) is 0 Å². The van der Waals surface area contributed by atoms with Gasteiger partial charge in [-0.05, 0) is 31.2 Å². The summed E-state index contributed by atoms with van der Waals surface area (Å²) in [6, 6.07) is 15.9. The molecule has 0 bridgehead atoms. The minimum absolute atomic E-state index is 0.729. The predicted molar refractivity (Wildman–Crippen MR) is 70.8 cm³/mol. The molecule has 0 aliphatic carbocycles. The Morgan fingerprint density at radius 2 is 1.76 bits per heavy atom. The molecular formula is C14H11ClN2. The Balaban J connectivity index is 2.40. The molecule has 1 heterocycles. The first kappa shape index (κ1) is 10.4. The van der Waals surface area contributed by atoms with Gasteiger partial charge in [0.05, 0.1) is 16.1 Å². The number of halogens is 1. The second-order valence-electron chi connectivity index (χ2n) is 3.94. The van der Waals surface area contributed by atoms with Crippen molar-refractivity contribution < 1.29 is 0 Å². The average molecular weight is 243 g/mol. The fraction of sp³-hybridized carbons (Fsp3) is 0.0714. The average Bonchev–Trinajstić information content (AvgIpc) is 2.68. The Labute approximate surface area is 104 Å². The lowest BCUT2D eigenvalue weighted by molar-refractivity contribution is 1.00. The summed E-state index contributed by atoms with van der Waals surface area (Å²) in [5.74, 6) is 0.944. The Hall–Kier alpha value is -1.80. The molecule has 2 aromatic carbocycles. The third kappa shape index (κ3) is 1.61. The normalized spacial score (nSPS) is 10.9. The Morgan fingerprint density at radius 1 is 1.00 bits per heavy atom. The molecule has 3 rings (SSSR count). The van der Waals surface area contributed by atoms with Gasteiger partial charge in [-0.1, -0.05) is 35.9 Å². The van der Waals surface area contributed by atoms with Gasteiger partial charge in [0.15, 0.2) is 0 Å².